The summed E-state index contributed by atoms with van der Waals surface area (Å²) in [6.07, 6.45) is 9.37. The van der Waals surface area contributed by atoms with Gasteiger partial charge in [0.05, 0.1) is 24.3 Å². The third-order valence-electron chi connectivity index (χ3n) is 2.50. The molecule has 3 rings (SSSR count). The quantitative estimate of drug-likeness (QED) is 0.796. The summed E-state index contributed by atoms with van der Waals surface area (Å²) in [5.41, 5.74) is 1.77. The van der Waals surface area contributed by atoms with Crippen LogP contribution in [-0.2, 0) is 6.54 Å². The Kier molecular flexibility index (Phi) is 2.34. The van der Waals surface area contributed by atoms with E-state index in [4.69, 9.17) is 0 Å². The number of hydrogen-bond acceptors (Lipinski definition) is 5. The van der Waals surface area contributed by atoms with Crippen LogP contribution in [0, 0.1) is 0 Å². The highest BCUT2D eigenvalue weighted by Gasteiger charge is 2.20. The van der Waals surface area contributed by atoms with Gasteiger partial charge in [-0.05, 0) is 12.8 Å². The van der Waals surface area contributed by atoms with Crippen molar-refractivity contribution in [1.29, 1.82) is 0 Å². The minimum absolute atomic E-state index is 0.685. The molecule has 0 amide bonds. The molecule has 1 aliphatic rings. The minimum atomic E-state index is 0.685. The van der Waals surface area contributed by atoms with E-state index in [2.05, 4.69) is 25.6 Å². The summed E-state index contributed by atoms with van der Waals surface area (Å²) in [5, 5.41) is 11.5. The lowest BCUT2D eigenvalue weighted by Gasteiger charge is -1.97. The van der Waals surface area contributed by atoms with E-state index in [1.165, 1.54) is 19.2 Å². The van der Waals surface area contributed by atoms with Crippen LogP contribution in [0.3, 0.4) is 0 Å². The topological polar surface area (TPSA) is 68.5 Å². The summed E-state index contributed by atoms with van der Waals surface area (Å²) in [6.45, 7) is 0.776. The van der Waals surface area contributed by atoms with Crippen molar-refractivity contribution in [2.45, 2.75) is 25.4 Å². The van der Waals surface area contributed by atoms with Gasteiger partial charge in [-0.3, -0.25) is 0 Å². The molecule has 1 N–H and O–H groups in total. The first-order valence-corrected chi connectivity index (χ1v) is 5.32. The summed E-state index contributed by atoms with van der Waals surface area (Å²) < 4.78 is 1.68. The van der Waals surface area contributed by atoms with Crippen LogP contribution < -0.4 is 5.32 Å². The number of hydrogen-bond donors (Lipinski definition) is 1. The molecule has 1 fully saturated rings. The van der Waals surface area contributed by atoms with Crippen molar-refractivity contribution in [3.8, 4) is 5.69 Å². The van der Waals surface area contributed by atoms with Crippen LogP contribution in [-0.4, -0.2) is 31.0 Å². The third-order valence-corrected chi connectivity index (χ3v) is 2.50. The van der Waals surface area contributed by atoms with Gasteiger partial charge in [-0.15, -0.1) is 5.10 Å². The van der Waals surface area contributed by atoms with E-state index in [-0.39, 0.29) is 0 Å². The lowest BCUT2D eigenvalue weighted by Crippen LogP contribution is -2.15. The zero-order chi connectivity index (χ0) is 10.8. The van der Waals surface area contributed by atoms with Crippen molar-refractivity contribution in [1.82, 2.24) is 30.3 Å². The zero-order valence-corrected chi connectivity index (χ0v) is 8.74. The molecular formula is C10H12N6. The second kappa shape index (κ2) is 3.97. The SMILES string of the molecule is c1ncc(-n2cc(CNC3CC3)nn2)cn1. The highest BCUT2D eigenvalue weighted by Crippen LogP contribution is 2.18. The summed E-state index contributed by atoms with van der Waals surface area (Å²) in [7, 11) is 0. The molecule has 0 aliphatic heterocycles. The standard InChI is InChI=1S/C10H12N6/c1-2-8(1)13-3-9-6-16(15-14-9)10-4-11-7-12-5-10/h4-8,13H,1-3H2. The molecule has 16 heavy (non-hydrogen) atoms. The Morgan fingerprint density at radius 1 is 1.31 bits per heavy atom. The van der Waals surface area contributed by atoms with Crippen molar-refractivity contribution in [3.63, 3.8) is 0 Å². The Labute approximate surface area is 92.7 Å². The molecule has 1 saturated carbocycles. The molecule has 1 aliphatic carbocycles. The van der Waals surface area contributed by atoms with E-state index in [0.29, 0.717) is 6.04 Å². The van der Waals surface area contributed by atoms with Gasteiger partial charge < -0.3 is 5.32 Å². The number of aromatic nitrogens is 5. The van der Waals surface area contributed by atoms with Crippen molar-refractivity contribution >= 4 is 0 Å². The Hall–Kier alpha value is -1.82. The molecule has 2 aromatic rings. The molecule has 2 aromatic heterocycles. The van der Waals surface area contributed by atoms with Crippen LogP contribution in [0.1, 0.15) is 18.5 Å². The van der Waals surface area contributed by atoms with E-state index >= 15 is 0 Å². The van der Waals surface area contributed by atoms with Crippen molar-refractivity contribution in [2.75, 3.05) is 0 Å². The molecule has 0 atom stereocenters. The van der Waals surface area contributed by atoms with Crippen LogP contribution in [0.5, 0.6) is 0 Å². The van der Waals surface area contributed by atoms with Gasteiger partial charge in [-0.1, -0.05) is 5.21 Å². The average Bonchev–Trinajstić information content (AvgIpc) is 3.05. The van der Waals surface area contributed by atoms with Crippen LogP contribution in [0.4, 0.5) is 0 Å². The summed E-state index contributed by atoms with van der Waals surface area (Å²) in [5.74, 6) is 0. The Balaban J connectivity index is 1.71. The molecule has 0 saturated heterocycles. The highest BCUT2D eigenvalue weighted by atomic mass is 15.4. The highest BCUT2D eigenvalue weighted by molar-refractivity contribution is 5.22. The van der Waals surface area contributed by atoms with Crippen molar-refractivity contribution < 1.29 is 0 Å². The maximum Gasteiger partial charge on any atom is 0.115 e. The van der Waals surface area contributed by atoms with Gasteiger partial charge in [0.25, 0.3) is 0 Å². The largest absolute Gasteiger partial charge is 0.308 e. The zero-order valence-electron chi connectivity index (χ0n) is 8.74. The van der Waals surface area contributed by atoms with Gasteiger partial charge in [0.15, 0.2) is 0 Å². The van der Waals surface area contributed by atoms with Crippen molar-refractivity contribution in [3.05, 3.63) is 30.6 Å². The molecule has 0 unspecified atom stereocenters. The summed E-state index contributed by atoms with van der Waals surface area (Å²) in [6, 6.07) is 0.685. The smallest absolute Gasteiger partial charge is 0.115 e. The number of rotatable bonds is 4. The summed E-state index contributed by atoms with van der Waals surface area (Å²) in [4.78, 5) is 7.88. The van der Waals surface area contributed by atoms with E-state index < -0.39 is 0 Å². The predicted octanol–water partition coefficient (Wildman–Crippen LogP) is 0.309. The van der Waals surface area contributed by atoms with E-state index in [0.717, 1.165) is 17.9 Å². The Bertz CT molecular complexity index is 461. The van der Waals surface area contributed by atoms with Crippen molar-refractivity contribution in [2.24, 2.45) is 0 Å². The lowest BCUT2D eigenvalue weighted by atomic mass is 10.4. The van der Waals surface area contributed by atoms with Crippen LogP contribution >= 0.6 is 0 Å². The summed E-state index contributed by atoms with van der Waals surface area (Å²) >= 11 is 0. The van der Waals surface area contributed by atoms with Gasteiger partial charge in [0, 0.05) is 12.6 Å². The fourth-order valence-electron chi connectivity index (χ4n) is 1.45. The third kappa shape index (κ3) is 2.06. The molecule has 82 valence electrons. The lowest BCUT2D eigenvalue weighted by molar-refractivity contribution is 0.671. The number of nitrogens with one attached hydrogen (secondary N) is 1. The maximum absolute atomic E-state index is 4.09. The molecule has 6 nitrogen and oxygen atoms in total. The monoisotopic (exact) mass is 216 g/mol. The van der Waals surface area contributed by atoms with Gasteiger partial charge in [-0.2, -0.15) is 0 Å². The fourth-order valence-corrected chi connectivity index (χ4v) is 1.45. The van der Waals surface area contributed by atoms with Crippen LogP contribution in [0.25, 0.3) is 5.69 Å². The average molecular weight is 216 g/mol. The van der Waals surface area contributed by atoms with Gasteiger partial charge in [0.1, 0.15) is 12.0 Å². The number of nitrogens with zero attached hydrogens (tertiary/aromatic N) is 5. The predicted molar refractivity (Wildman–Crippen MR) is 56.8 cm³/mol. The molecule has 0 bridgehead atoms. The first-order chi connectivity index (χ1) is 7.92. The van der Waals surface area contributed by atoms with Gasteiger partial charge in [0.2, 0.25) is 0 Å². The first-order valence-electron chi connectivity index (χ1n) is 5.32. The van der Waals surface area contributed by atoms with E-state index in [1.54, 1.807) is 17.1 Å². The maximum atomic E-state index is 4.09. The van der Waals surface area contributed by atoms with Crippen LogP contribution in [0.15, 0.2) is 24.9 Å². The minimum Gasteiger partial charge on any atom is -0.308 e. The molecular weight excluding hydrogens is 204 g/mol. The second-order valence-corrected chi connectivity index (χ2v) is 3.91. The molecule has 0 spiro atoms. The Morgan fingerprint density at radius 3 is 2.88 bits per heavy atom. The van der Waals surface area contributed by atoms with E-state index in [1.807, 2.05) is 6.20 Å². The van der Waals surface area contributed by atoms with E-state index in [9.17, 15) is 0 Å². The molecule has 0 aromatic carbocycles. The molecule has 2 heterocycles. The van der Waals surface area contributed by atoms with Gasteiger partial charge >= 0.3 is 0 Å². The normalized spacial score (nSPS) is 15.2. The van der Waals surface area contributed by atoms with Gasteiger partial charge in [-0.25, -0.2) is 14.6 Å². The van der Waals surface area contributed by atoms with Crippen LogP contribution in [0.2, 0.25) is 0 Å². The molecule has 0 radical (unpaired) electrons. The Morgan fingerprint density at radius 2 is 2.12 bits per heavy atom. The first kappa shape index (κ1) is 9.41. The fraction of sp³-hybridized carbons (Fsp3) is 0.400. The second-order valence-electron chi connectivity index (χ2n) is 3.91. The molecule has 6 heteroatoms.